The number of rotatable bonds is 4. The summed E-state index contributed by atoms with van der Waals surface area (Å²) in [4.78, 5) is 38.2. The maximum Gasteiger partial charge on any atom is 0.325 e. The Balaban J connectivity index is 2.00. The van der Waals surface area contributed by atoms with E-state index in [1.807, 2.05) is 13.8 Å². The second-order valence-electron chi connectivity index (χ2n) is 8.42. The van der Waals surface area contributed by atoms with Crippen molar-refractivity contribution < 1.29 is 14.4 Å². The van der Waals surface area contributed by atoms with E-state index >= 15 is 0 Å². The molecule has 0 unspecified atom stereocenters. The molecule has 6 nitrogen and oxygen atoms in total. The van der Waals surface area contributed by atoms with E-state index in [-0.39, 0.29) is 29.8 Å². The van der Waals surface area contributed by atoms with E-state index in [1.165, 1.54) is 0 Å². The minimum absolute atomic E-state index is 0.0365. The zero-order valence-corrected chi connectivity index (χ0v) is 15.6. The molecule has 0 radical (unpaired) electrons. The summed E-state index contributed by atoms with van der Waals surface area (Å²) in [5.41, 5.74) is -0.585. The molecule has 0 aromatic rings. The molecule has 2 N–H and O–H groups in total. The molecule has 1 atom stereocenters. The molecule has 1 saturated heterocycles. The average molecular weight is 337 g/mol. The van der Waals surface area contributed by atoms with Crippen LogP contribution < -0.4 is 10.6 Å². The van der Waals surface area contributed by atoms with E-state index in [9.17, 15) is 14.4 Å². The largest absolute Gasteiger partial charge is 0.352 e. The molecular formula is C18H31N3O3. The molecule has 24 heavy (non-hydrogen) atoms. The summed E-state index contributed by atoms with van der Waals surface area (Å²) in [7, 11) is 0. The van der Waals surface area contributed by atoms with E-state index in [4.69, 9.17) is 0 Å². The highest BCUT2D eigenvalue weighted by molar-refractivity contribution is 6.09. The third-order valence-electron chi connectivity index (χ3n) is 5.63. The van der Waals surface area contributed by atoms with Crippen molar-refractivity contribution in [1.82, 2.24) is 15.5 Å². The smallest absolute Gasteiger partial charge is 0.325 e. The Morgan fingerprint density at radius 2 is 1.92 bits per heavy atom. The van der Waals surface area contributed by atoms with Gasteiger partial charge < -0.3 is 10.6 Å². The van der Waals surface area contributed by atoms with Crippen LogP contribution in [0.4, 0.5) is 4.79 Å². The summed E-state index contributed by atoms with van der Waals surface area (Å²) < 4.78 is 0. The van der Waals surface area contributed by atoms with Gasteiger partial charge in [-0.3, -0.25) is 14.5 Å². The Morgan fingerprint density at radius 3 is 2.42 bits per heavy atom. The number of urea groups is 1. The van der Waals surface area contributed by atoms with Gasteiger partial charge in [0, 0.05) is 6.04 Å². The van der Waals surface area contributed by atoms with Crippen LogP contribution in [-0.4, -0.2) is 40.9 Å². The predicted molar refractivity (Wildman–Crippen MR) is 92.3 cm³/mol. The van der Waals surface area contributed by atoms with Crippen molar-refractivity contribution in [3.05, 3.63) is 0 Å². The fraction of sp³-hybridized carbons (Fsp3) is 0.833. The topological polar surface area (TPSA) is 78.5 Å². The zero-order chi connectivity index (χ0) is 18.1. The minimum atomic E-state index is -0.796. The Bertz CT molecular complexity index is 516. The number of amides is 4. The summed E-state index contributed by atoms with van der Waals surface area (Å²) in [6.45, 7) is 10.3. The van der Waals surface area contributed by atoms with Crippen LogP contribution >= 0.6 is 0 Å². The molecular weight excluding hydrogens is 306 g/mol. The Labute approximate surface area is 144 Å². The van der Waals surface area contributed by atoms with Crippen molar-refractivity contribution in [2.24, 2.45) is 11.3 Å². The Morgan fingerprint density at radius 1 is 1.33 bits per heavy atom. The van der Waals surface area contributed by atoms with Crippen molar-refractivity contribution in [3.63, 3.8) is 0 Å². The van der Waals surface area contributed by atoms with E-state index in [2.05, 4.69) is 31.4 Å². The summed E-state index contributed by atoms with van der Waals surface area (Å²) in [6.07, 6.45) is 3.96. The number of imide groups is 1. The van der Waals surface area contributed by atoms with Gasteiger partial charge in [-0.2, -0.15) is 0 Å². The van der Waals surface area contributed by atoms with Gasteiger partial charge in [0.15, 0.2) is 0 Å². The average Bonchev–Trinajstić information content (AvgIpc) is 2.71. The molecule has 2 aliphatic rings. The molecule has 1 aliphatic carbocycles. The van der Waals surface area contributed by atoms with Crippen molar-refractivity contribution in [2.75, 3.05) is 6.54 Å². The molecule has 1 saturated carbocycles. The van der Waals surface area contributed by atoms with E-state index in [1.54, 1.807) is 0 Å². The van der Waals surface area contributed by atoms with Crippen LogP contribution in [0.15, 0.2) is 0 Å². The first-order chi connectivity index (χ1) is 11.1. The Hall–Kier alpha value is -1.59. The highest BCUT2D eigenvalue weighted by atomic mass is 16.2. The van der Waals surface area contributed by atoms with Crippen LogP contribution in [0.3, 0.4) is 0 Å². The monoisotopic (exact) mass is 337 g/mol. The number of nitrogens with zero attached hydrogens (tertiary/aromatic N) is 1. The predicted octanol–water partition coefficient (Wildman–Crippen LogP) is 2.43. The van der Waals surface area contributed by atoms with Gasteiger partial charge in [0.25, 0.3) is 5.91 Å². The molecule has 136 valence electrons. The standard InChI is InChI=1S/C18H31N3O3/c1-6-12(2)19-14(22)11-21-15(23)18(20-16(21)24)9-7-13(8-10-18)17(3,4)5/h12-13H,6-11H2,1-5H3,(H,19,22)(H,20,24)/t12-,13?,18?/m0/s1. The van der Waals surface area contributed by atoms with Gasteiger partial charge in [-0.25, -0.2) is 4.79 Å². The second-order valence-corrected chi connectivity index (χ2v) is 8.42. The molecule has 1 spiro atoms. The fourth-order valence-electron chi connectivity index (χ4n) is 3.70. The third kappa shape index (κ3) is 3.73. The van der Waals surface area contributed by atoms with Gasteiger partial charge in [-0.1, -0.05) is 27.7 Å². The lowest BCUT2D eigenvalue weighted by molar-refractivity contribution is -0.136. The summed E-state index contributed by atoms with van der Waals surface area (Å²) in [5.74, 6) is 0.0306. The number of carbonyl (C=O) groups is 3. The van der Waals surface area contributed by atoms with E-state index in [0.717, 1.165) is 24.2 Å². The van der Waals surface area contributed by atoms with Crippen molar-refractivity contribution >= 4 is 17.8 Å². The van der Waals surface area contributed by atoms with Gasteiger partial charge in [0.1, 0.15) is 12.1 Å². The van der Waals surface area contributed by atoms with Crippen LogP contribution in [0.2, 0.25) is 0 Å². The highest BCUT2D eigenvalue weighted by Gasteiger charge is 2.53. The summed E-state index contributed by atoms with van der Waals surface area (Å²) >= 11 is 0. The van der Waals surface area contributed by atoms with E-state index < -0.39 is 11.6 Å². The molecule has 0 aromatic carbocycles. The maximum atomic E-state index is 12.8. The minimum Gasteiger partial charge on any atom is -0.352 e. The fourth-order valence-corrected chi connectivity index (χ4v) is 3.70. The summed E-state index contributed by atoms with van der Waals surface area (Å²) in [6, 6.07) is -0.400. The first-order valence-electron chi connectivity index (χ1n) is 9.02. The molecule has 0 bridgehead atoms. The van der Waals surface area contributed by atoms with E-state index in [0.29, 0.717) is 18.8 Å². The van der Waals surface area contributed by atoms with Gasteiger partial charge >= 0.3 is 6.03 Å². The highest BCUT2D eigenvalue weighted by Crippen LogP contribution is 2.43. The quantitative estimate of drug-likeness (QED) is 0.773. The lowest BCUT2D eigenvalue weighted by Gasteiger charge is -2.40. The number of hydrogen-bond acceptors (Lipinski definition) is 3. The van der Waals surface area contributed by atoms with Gasteiger partial charge in [-0.15, -0.1) is 0 Å². The molecule has 4 amide bonds. The molecule has 1 aliphatic heterocycles. The number of hydrogen-bond donors (Lipinski definition) is 2. The second kappa shape index (κ2) is 6.73. The lowest BCUT2D eigenvalue weighted by Crippen LogP contribution is -2.51. The lowest BCUT2D eigenvalue weighted by atomic mass is 9.67. The molecule has 6 heteroatoms. The zero-order valence-electron chi connectivity index (χ0n) is 15.6. The van der Waals surface area contributed by atoms with Gasteiger partial charge in [-0.05, 0) is 50.4 Å². The maximum absolute atomic E-state index is 12.8. The van der Waals surface area contributed by atoms with Gasteiger partial charge in [0.05, 0.1) is 0 Å². The normalized spacial score (nSPS) is 28.9. The third-order valence-corrected chi connectivity index (χ3v) is 5.63. The number of carbonyl (C=O) groups excluding carboxylic acids is 3. The van der Waals surface area contributed by atoms with Gasteiger partial charge in [0.2, 0.25) is 5.91 Å². The van der Waals surface area contributed by atoms with Crippen molar-refractivity contribution in [1.29, 1.82) is 0 Å². The number of nitrogens with one attached hydrogen (secondary N) is 2. The first-order valence-corrected chi connectivity index (χ1v) is 9.02. The molecule has 2 fully saturated rings. The summed E-state index contributed by atoms with van der Waals surface area (Å²) in [5, 5.41) is 5.67. The Kier molecular flexibility index (Phi) is 5.25. The first kappa shape index (κ1) is 18.7. The van der Waals surface area contributed by atoms with Crippen molar-refractivity contribution in [2.45, 2.75) is 78.3 Å². The molecule has 1 heterocycles. The van der Waals surface area contributed by atoms with Crippen LogP contribution in [0, 0.1) is 11.3 Å². The molecule has 0 aromatic heterocycles. The van der Waals surface area contributed by atoms with Crippen LogP contribution in [0.25, 0.3) is 0 Å². The van der Waals surface area contributed by atoms with Crippen LogP contribution in [0.1, 0.15) is 66.7 Å². The van der Waals surface area contributed by atoms with Crippen molar-refractivity contribution in [3.8, 4) is 0 Å². The van der Waals surface area contributed by atoms with Crippen LogP contribution in [0.5, 0.6) is 0 Å². The SMILES string of the molecule is CC[C@H](C)NC(=O)CN1C(=O)NC2(CCC(C(C)(C)C)CC2)C1=O. The van der Waals surface area contributed by atoms with Crippen LogP contribution in [-0.2, 0) is 9.59 Å². The molecule has 2 rings (SSSR count).